The fourth-order valence-electron chi connectivity index (χ4n) is 2.02. The molecule has 0 bridgehead atoms. The van der Waals surface area contributed by atoms with Crippen molar-refractivity contribution in [1.82, 2.24) is 5.32 Å². The van der Waals surface area contributed by atoms with E-state index in [2.05, 4.69) is 18.5 Å². The van der Waals surface area contributed by atoms with Crippen molar-refractivity contribution in [2.45, 2.75) is 39.3 Å². The molecule has 0 radical (unpaired) electrons. The Morgan fingerprint density at radius 1 is 1.17 bits per heavy atom. The third-order valence-corrected chi connectivity index (χ3v) is 6.15. The van der Waals surface area contributed by atoms with Gasteiger partial charge in [0.15, 0.2) is 0 Å². The van der Waals surface area contributed by atoms with E-state index in [1.165, 1.54) is 6.08 Å². The fraction of sp³-hybridized carbons (Fsp3) is 0.750. The van der Waals surface area contributed by atoms with Gasteiger partial charge in [-0.15, -0.1) is 0 Å². The molecule has 0 aromatic rings. The highest BCUT2D eigenvalue weighted by Crippen LogP contribution is 2.17. The van der Waals surface area contributed by atoms with E-state index in [-0.39, 0.29) is 6.61 Å². The Hall–Kier alpha value is -0.703. The lowest BCUT2D eigenvalue weighted by Crippen LogP contribution is -2.46. The van der Waals surface area contributed by atoms with Crippen LogP contribution in [0.3, 0.4) is 0 Å². The maximum absolute atomic E-state index is 9.78. The predicted molar refractivity (Wildman–Crippen MR) is 94.2 cm³/mol. The van der Waals surface area contributed by atoms with Gasteiger partial charge in [0, 0.05) is 32.4 Å². The molecule has 1 atom stereocenters. The molecule has 0 aliphatic heterocycles. The molecule has 0 amide bonds. The summed E-state index contributed by atoms with van der Waals surface area (Å²) in [7, 11) is -2.56. The average Bonchev–Trinajstić information content (AvgIpc) is 2.53. The SMILES string of the molecule is C=CC(=C)OCC(O)CNCCC[Si](OCC)(OCC)OCC. The monoisotopic (exact) mass is 347 g/mol. The summed E-state index contributed by atoms with van der Waals surface area (Å²) in [6, 6.07) is 0.759. The highest BCUT2D eigenvalue weighted by atomic mass is 28.4. The summed E-state index contributed by atoms with van der Waals surface area (Å²) >= 11 is 0. The highest BCUT2D eigenvalue weighted by molar-refractivity contribution is 6.60. The van der Waals surface area contributed by atoms with Crippen molar-refractivity contribution in [3.63, 3.8) is 0 Å². The van der Waals surface area contributed by atoms with Crippen LogP contribution in [0.15, 0.2) is 25.0 Å². The highest BCUT2D eigenvalue weighted by Gasteiger charge is 2.39. The van der Waals surface area contributed by atoms with E-state index >= 15 is 0 Å². The minimum atomic E-state index is -2.56. The molecule has 0 aliphatic rings. The molecule has 23 heavy (non-hydrogen) atoms. The molecular formula is C16H33NO5Si. The zero-order valence-electron chi connectivity index (χ0n) is 14.8. The quantitative estimate of drug-likeness (QED) is 0.193. The lowest BCUT2D eigenvalue weighted by molar-refractivity contribution is 0.0696. The number of allylic oxidation sites excluding steroid dienone is 1. The number of rotatable bonds is 16. The van der Waals surface area contributed by atoms with E-state index < -0.39 is 14.9 Å². The van der Waals surface area contributed by atoms with Crippen molar-refractivity contribution >= 4 is 8.80 Å². The number of nitrogens with one attached hydrogen (secondary N) is 1. The second-order valence-electron chi connectivity index (χ2n) is 4.92. The van der Waals surface area contributed by atoms with Crippen molar-refractivity contribution < 1.29 is 23.1 Å². The summed E-state index contributed by atoms with van der Waals surface area (Å²) < 4.78 is 22.6. The average molecular weight is 348 g/mol. The first-order valence-electron chi connectivity index (χ1n) is 8.28. The molecule has 0 aromatic heterocycles. The molecular weight excluding hydrogens is 314 g/mol. The van der Waals surface area contributed by atoms with Crippen LogP contribution in [-0.2, 0) is 18.0 Å². The van der Waals surface area contributed by atoms with Crippen LogP contribution in [0, 0.1) is 0 Å². The Balaban J connectivity index is 4.00. The maximum Gasteiger partial charge on any atom is 0.500 e. The Morgan fingerprint density at radius 3 is 2.22 bits per heavy atom. The van der Waals surface area contributed by atoms with Gasteiger partial charge in [-0.25, -0.2) is 0 Å². The molecule has 0 heterocycles. The number of hydrogen-bond donors (Lipinski definition) is 2. The van der Waals surface area contributed by atoms with Crippen LogP contribution in [0.25, 0.3) is 0 Å². The van der Waals surface area contributed by atoms with Gasteiger partial charge >= 0.3 is 8.80 Å². The molecule has 1 unspecified atom stereocenters. The van der Waals surface area contributed by atoms with E-state index in [0.717, 1.165) is 19.0 Å². The van der Waals surface area contributed by atoms with Crippen molar-refractivity contribution in [1.29, 1.82) is 0 Å². The lowest BCUT2D eigenvalue weighted by Gasteiger charge is -2.28. The van der Waals surface area contributed by atoms with Crippen molar-refractivity contribution in [3.8, 4) is 0 Å². The van der Waals surface area contributed by atoms with Gasteiger partial charge in [0.1, 0.15) is 18.5 Å². The van der Waals surface area contributed by atoms with Crippen LogP contribution in [0.5, 0.6) is 0 Å². The largest absolute Gasteiger partial charge is 0.500 e. The van der Waals surface area contributed by atoms with E-state index in [0.29, 0.717) is 32.1 Å². The van der Waals surface area contributed by atoms with Crippen molar-refractivity contribution in [2.75, 3.05) is 39.5 Å². The summed E-state index contributed by atoms with van der Waals surface area (Å²) in [5.74, 6) is 0.463. The number of hydrogen-bond acceptors (Lipinski definition) is 6. The smallest absolute Gasteiger partial charge is 0.491 e. The molecule has 136 valence electrons. The Bertz CT molecular complexity index is 311. The van der Waals surface area contributed by atoms with Crippen LogP contribution in [-0.4, -0.2) is 59.5 Å². The first-order valence-corrected chi connectivity index (χ1v) is 10.2. The second-order valence-corrected chi connectivity index (χ2v) is 7.66. The fourth-order valence-corrected chi connectivity index (χ4v) is 4.63. The van der Waals surface area contributed by atoms with Crippen molar-refractivity contribution in [3.05, 3.63) is 25.0 Å². The van der Waals surface area contributed by atoms with Gasteiger partial charge in [-0.1, -0.05) is 13.2 Å². The molecule has 0 saturated carbocycles. The van der Waals surface area contributed by atoms with Gasteiger partial charge in [0.2, 0.25) is 0 Å². The van der Waals surface area contributed by atoms with Gasteiger partial charge in [-0.05, 0) is 39.8 Å². The van der Waals surface area contributed by atoms with E-state index in [4.69, 9.17) is 18.0 Å². The summed E-state index contributed by atoms with van der Waals surface area (Å²) in [5, 5.41) is 13.0. The zero-order valence-corrected chi connectivity index (χ0v) is 15.8. The Labute approximate surface area is 141 Å². The minimum Gasteiger partial charge on any atom is -0.491 e. The normalized spacial score (nSPS) is 12.9. The molecule has 7 heteroatoms. The molecule has 0 spiro atoms. The van der Waals surface area contributed by atoms with E-state index in [1.807, 2.05) is 20.8 Å². The first kappa shape index (κ1) is 22.3. The molecule has 0 aromatic carbocycles. The van der Waals surface area contributed by atoms with E-state index in [9.17, 15) is 5.11 Å². The standard InChI is InChI=1S/C16H33NO5Si/c1-6-15(5)19-14-16(18)13-17-11-10-12-23(20-7-2,21-8-3)22-9-4/h6,16-18H,1,5,7-14H2,2-4H3. The van der Waals surface area contributed by atoms with Gasteiger partial charge in [0.25, 0.3) is 0 Å². The molecule has 0 fully saturated rings. The predicted octanol–water partition coefficient (Wildman–Crippen LogP) is 2.09. The van der Waals surface area contributed by atoms with Crippen LogP contribution < -0.4 is 5.32 Å². The van der Waals surface area contributed by atoms with Gasteiger partial charge < -0.3 is 28.4 Å². The second kappa shape index (κ2) is 13.7. The van der Waals surface area contributed by atoms with E-state index in [1.54, 1.807) is 0 Å². The number of aliphatic hydroxyl groups is 1. The van der Waals surface area contributed by atoms with Crippen LogP contribution in [0.2, 0.25) is 6.04 Å². The van der Waals surface area contributed by atoms with Crippen LogP contribution in [0.4, 0.5) is 0 Å². The summed E-state index contributed by atoms with van der Waals surface area (Å²) in [6.07, 6.45) is 1.79. The Morgan fingerprint density at radius 2 is 1.74 bits per heavy atom. The molecule has 2 N–H and O–H groups in total. The lowest BCUT2D eigenvalue weighted by atomic mass is 10.3. The zero-order chi connectivity index (χ0) is 17.6. The maximum atomic E-state index is 9.78. The van der Waals surface area contributed by atoms with Crippen molar-refractivity contribution in [2.24, 2.45) is 0 Å². The van der Waals surface area contributed by atoms with Gasteiger partial charge in [0.05, 0.1) is 0 Å². The molecule has 0 rings (SSSR count). The summed E-state index contributed by atoms with van der Waals surface area (Å²) in [6.45, 7) is 16.2. The molecule has 6 nitrogen and oxygen atoms in total. The summed E-state index contributed by atoms with van der Waals surface area (Å²) in [4.78, 5) is 0. The number of ether oxygens (including phenoxy) is 1. The van der Waals surface area contributed by atoms with Crippen LogP contribution in [0.1, 0.15) is 27.2 Å². The third-order valence-electron chi connectivity index (χ3n) is 3.00. The van der Waals surface area contributed by atoms with Gasteiger partial charge in [-0.3, -0.25) is 0 Å². The van der Waals surface area contributed by atoms with Gasteiger partial charge in [-0.2, -0.15) is 0 Å². The Kier molecular flexibility index (Phi) is 13.3. The third kappa shape index (κ3) is 10.6. The topological polar surface area (TPSA) is 69.2 Å². The summed E-state index contributed by atoms with van der Waals surface area (Å²) in [5.41, 5.74) is 0. The molecule has 0 aliphatic carbocycles. The molecule has 0 saturated heterocycles. The minimum absolute atomic E-state index is 0.202. The first-order chi connectivity index (χ1) is 11.0. The number of aliphatic hydroxyl groups excluding tert-OH is 1. The van der Waals surface area contributed by atoms with Crippen LogP contribution >= 0.6 is 0 Å².